The van der Waals surface area contributed by atoms with Crippen LogP contribution in [0.2, 0.25) is 5.02 Å². The Morgan fingerprint density at radius 2 is 2.29 bits per heavy atom. The van der Waals surface area contributed by atoms with Gasteiger partial charge in [0.05, 0.1) is 6.42 Å². The molecule has 0 saturated heterocycles. The molecule has 3 nitrogen and oxygen atoms in total. The Labute approximate surface area is 87.5 Å². The van der Waals surface area contributed by atoms with Crippen LogP contribution in [0.3, 0.4) is 0 Å². The Morgan fingerprint density at radius 1 is 1.64 bits per heavy atom. The van der Waals surface area contributed by atoms with Gasteiger partial charge < -0.3 is 10.8 Å². The van der Waals surface area contributed by atoms with Crippen LogP contribution in [0.1, 0.15) is 23.6 Å². The molecule has 0 aromatic heterocycles. The van der Waals surface area contributed by atoms with Gasteiger partial charge in [-0.3, -0.25) is 4.79 Å². The number of rotatable bonds is 3. The minimum absolute atomic E-state index is 0.107. The number of halogens is 1. The predicted octanol–water partition coefficient (Wildman–Crippen LogP) is 2.12. The van der Waals surface area contributed by atoms with E-state index in [4.69, 9.17) is 22.4 Å². The van der Waals surface area contributed by atoms with E-state index < -0.39 is 12.0 Å². The van der Waals surface area contributed by atoms with Gasteiger partial charge in [0.2, 0.25) is 0 Å². The summed E-state index contributed by atoms with van der Waals surface area (Å²) >= 11 is 5.93. The lowest BCUT2D eigenvalue weighted by Crippen LogP contribution is -2.16. The normalized spacial score (nSPS) is 12.5. The van der Waals surface area contributed by atoms with Gasteiger partial charge in [0.1, 0.15) is 0 Å². The standard InChI is InChI=1S/C10H12ClNO2/c1-6-3-2-4-7(11)10(6)8(12)5-9(13)14/h2-4,8H,5,12H2,1H3,(H,13,14). The van der Waals surface area contributed by atoms with Crippen molar-refractivity contribution in [3.05, 3.63) is 34.3 Å². The lowest BCUT2D eigenvalue weighted by molar-refractivity contribution is -0.137. The molecule has 3 N–H and O–H groups in total. The lowest BCUT2D eigenvalue weighted by Gasteiger charge is -2.14. The maximum absolute atomic E-state index is 10.5. The van der Waals surface area contributed by atoms with Gasteiger partial charge in [-0.05, 0) is 24.1 Å². The number of aliphatic carboxylic acids is 1. The number of aryl methyl sites for hydroxylation is 1. The van der Waals surface area contributed by atoms with Crippen molar-refractivity contribution in [2.24, 2.45) is 5.73 Å². The maximum Gasteiger partial charge on any atom is 0.305 e. The molecule has 14 heavy (non-hydrogen) atoms. The molecule has 4 heteroatoms. The van der Waals surface area contributed by atoms with Crippen molar-refractivity contribution < 1.29 is 9.90 Å². The highest BCUT2D eigenvalue weighted by Crippen LogP contribution is 2.26. The van der Waals surface area contributed by atoms with Crippen LogP contribution in [0.4, 0.5) is 0 Å². The van der Waals surface area contributed by atoms with E-state index in [1.807, 2.05) is 19.1 Å². The Hall–Kier alpha value is -1.06. The Morgan fingerprint density at radius 3 is 2.79 bits per heavy atom. The molecule has 1 rings (SSSR count). The van der Waals surface area contributed by atoms with Gasteiger partial charge in [-0.1, -0.05) is 23.7 Å². The zero-order valence-electron chi connectivity index (χ0n) is 7.83. The van der Waals surface area contributed by atoms with E-state index in [-0.39, 0.29) is 6.42 Å². The van der Waals surface area contributed by atoms with Gasteiger partial charge in [-0.2, -0.15) is 0 Å². The predicted molar refractivity (Wildman–Crippen MR) is 55.4 cm³/mol. The molecule has 0 heterocycles. The molecule has 1 aromatic carbocycles. The minimum Gasteiger partial charge on any atom is -0.481 e. The van der Waals surface area contributed by atoms with Crippen LogP contribution in [-0.2, 0) is 4.79 Å². The van der Waals surface area contributed by atoms with E-state index in [2.05, 4.69) is 0 Å². The number of carboxylic acid groups (broad SMARTS) is 1. The third-order valence-electron chi connectivity index (χ3n) is 2.04. The molecule has 0 aliphatic carbocycles. The van der Waals surface area contributed by atoms with Crippen LogP contribution in [0.15, 0.2) is 18.2 Å². The van der Waals surface area contributed by atoms with E-state index in [1.165, 1.54) is 0 Å². The largest absolute Gasteiger partial charge is 0.481 e. The Balaban J connectivity index is 2.99. The molecule has 0 aliphatic heterocycles. The monoisotopic (exact) mass is 213 g/mol. The molecule has 1 unspecified atom stereocenters. The summed E-state index contributed by atoms with van der Waals surface area (Å²) in [5.41, 5.74) is 7.37. The SMILES string of the molecule is Cc1cccc(Cl)c1C(N)CC(=O)O. The van der Waals surface area contributed by atoms with Crippen molar-refractivity contribution in [3.63, 3.8) is 0 Å². The Kier molecular flexibility index (Phi) is 3.49. The van der Waals surface area contributed by atoms with Gasteiger partial charge in [0, 0.05) is 11.1 Å². The lowest BCUT2D eigenvalue weighted by atomic mass is 9.99. The van der Waals surface area contributed by atoms with Gasteiger partial charge in [0.15, 0.2) is 0 Å². The van der Waals surface area contributed by atoms with E-state index in [0.717, 1.165) is 11.1 Å². The van der Waals surface area contributed by atoms with Crippen LogP contribution in [0.5, 0.6) is 0 Å². The van der Waals surface area contributed by atoms with Crippen molar-refractivity contribution in [3.8, 4) is 0 Å². The summed E-state index contributed by atoms with van der Waals surface area (Å²) in [5, 5.41) is 9.13. The first-order valence-electron chi connectivity index (χ1n) is 4.24. The molecule has 0 bridgehead atoms. The smallest absolute Gasteiger partial charge is 0.305 e. The number of carboxylic acids is 1. The highest BCUT2D eigenvalue weighted by molar-refractivity contribution is 6.31. The number of hydrogen-bond donors (Lipinski definition) is 2. The van der Waals surface area contributed by atoms with Gasteiger partial charge >= 0.3 is 5.97 Å². The summed E-state index contributed by atoms with van der Waals surface area (Å²) in [7, 11) is 0. The van der Waals surface area contributed by atoms with E-state index >= 15 is 0 Å². The van der Waals surface area contributed by atoms with Gasteiger partial charge in [0.25, 0.3) is 0 Å². The summed E-state index contributed by atoms with van der Waals surface area (Å²) in [5.74, 6) is -0.920. The average Bonchev–Trinajstić information content (AvgIpc) is 2.01. The van der Waals surface area contributed by atoms with Crippen LogP contribution in [0.25, 0.3) is 0 Å². The molecule has 0 amide bonds. The molecule has 0 radical (unpaired) electrons. The van der Waals surface area contributed by atoms with E-state index in [0.29, 0.717) is 5.02 Å². The van der Waals surface area contributed by atoms with Crippen molar-refractivity contribution in [1.29, 1.82) is 0 Å². The fraction of sp³-hybridized carbons (Fsp3) is 0.300. The van der Waals surface area contributed by atoms with Crippen molar-refractivity contribution in [1.82, 2.24) is 0 Å². The van der Waals surface area contributed by atoms with Gasteiger partial charge in [-0.15, -0.1) is 0 Å². The minimum atomic E-state index is -0.920. The Bertz CT molecular complexity index is 332. The second-order valence-corrected chi connectivity index (χ2v) is 3.58. The summed E-state index contributed by atoms with van der Waals surface area (Å²) < 4.78 is 0. The highest BCUT2D eigenvalue weighted by atomic mass is 35.5. The molecular formula is C10H12ClNO2. The van der Waals surface area contributed by atoms with Crippen LogP contribution in [-0.4, -0.2) is 11.1 Å². The zero-order valence-corrected chi connectivity index (χ0v) is 8.58. The van der Waals surface area contributed by atoms with E-state index in [9.17, 15) is 4.79 Å². The zero-order chi connectivity index (χ0) is 10.7. The fourth-order valence-electron chi connectivity index (χ4n) is 1.40. The van der Waals surface area contributed by atoms with Crippen molar-refractivity contribution in [2.45, 2.75) is 19.4 Å². The number of nitrogens with two attached hydrogens (primary N) is 1. The van der Waals surface area contributed by atoms with Gasteiger partial charge in [-0.25, -0.2) is 0 Å². The number of benzene rings is 1. The molecule has 0 saturated carbocycles. The third kappa shape index (κ3) is 2.47. The van der Waals surface area contributed by atoms with Crippen LogP contribution in [0, 0.1) is 6.92 Å². The quantitative estimate of drug-likeness (QED) is 0.809. The summed E-state index contributed by atoms with van der Waals surface area (Å²) in [6, 6.07) is 4.85. The van der Waals surface area contributed by atoms with Crippen LogP contribution >= 0.6 is 11.6 Å². The highest BCUT2D eigenvalue weighted by Gasteiger charge is 2.15. The molecule has 1 aromatic rings. The summed E-state index contributed by atoms with van der Waals surface area (Å²) in [4.78, 5) is 10.5. The topological polar surface area (TPSA) is 63.3 Å². The number of hydrogen-bond acceptors (Lipinski definition) is 2. The molecule has 0 spiro atoms. The molecule has 0 aliphatic rings. The maximum atomic E-state index is 10.5. The fourth-order valence-corrected chi connectivity index (χ4v) is 1.77. The first-order valence-corrected chi connectivity index (χ1v) is 4.62. The summed E-state index contributed by atoms with van der Waals surface area (Å²) in [6.07, 6.45) is -0.107. The first kappa shape index (κ1) is 11.0. The second-order valence-electron chi connectivity index (χ2n) is 3.17. The molecule has 1 atom stereocenters. The molecule has 0 fully saturated rings. The molecular weight excluding hydrogens is 202 g/mol. The van der Waals surface area contributed by atoms with Crippen molar-refractivity contribution in [2.75, 3.05) is 0 Å². The van der Waals surface area contributed by atoms with Crippen LogP contribution < -0.4 is 5.73 Å². The number of carbonyl (C=O) groups is 1. The second kappa shape index (κ2) is 4.44. The first-order chi connectivity index (χ1) is 6.52. The molecule has 76 valence electrons. The average molecular weight is 214 g/mol. The summed E-state index contributed by atoms with van der Waals surface area (Å²) in [6.45, 7) is 1.86. The third-order valence-corrected chi connectivity index (χ3v) is 2.37. The van der Waals surface area contributed by atoms with Crippen molar-refractivity contribution >= 4 is 17.6 Å². The van der Waals surface area contributed by atoms with E-state index in [1.54, 1.807) is 6.07 Å².